The van der Waals surface area contributed by atoms with E-state index in [0.717, 1.165) is 83.5 Å². The summed E-state index contributed by atoms with van der Waals surface area (Å²) >= 11 is 0. The van der Waals surface area contributed by atoms with Crippen molar-refractivity contribution < 1.29 is 28.6 Å². The first-order valence-electron chi connectivity index (χ1n) is 26.3. The molecule has 0 aromatic rings. The van der Waals surface area contributed by atoms with Crippen molar-refractivity contribution in [1.82, 2.24) is 0 Å². The van der Waals surface area contributed by atoms with Gasteiger partial charge in [0.05, 0.1) is 0 Å². The molecule has 0 aromatic carbocycles. The highest BCUT2D eigenvalue weighted by Crippen LogP contribution is 2.15. The molecule has 0 bridgehead atoms. The van der Waals surface area contributed by atoms with Crippen LogP contribution in [0.15, 0.2) is 60.8 Å². The van der Waals surface area contributed by atoms with Crippen LogP contribution in [0.4, 0.5) is 0 Å². The summed E-state index contributed by atoms with van der Waals surface area (Å²) in [6.45, 7) is 6.48. The normalized spacial score (nSPS) is 12.5. The van der Waals surface area contributed by atoms with Gasteiger partial charge in [0.1, 0.15) is 13.2 Å². The second kappa shape index (κ2) is 50.8. The lowest BCUT2D eigenvalue weighted by atomic mass is 10.1. The second-order valence-corrected chi connectivity index (χ2v) is 17.4. The topological polar surface area (TPSA) is 78.9 Å². The van der Waals surface area contributed by atoms with Crippen molar-refractivity contribution in [3.05, 3.63) is 60.8 Å². The fraction of sp³-hybridized carbons (Fsp3) is 0.768. The van der Waals surface area contributed by atoms with Crippen LogP contribution in [-0.2, 0) is 28.6 Å². The van der Waals surface area contributed by atoms with Crippen LogP contribution in [0.5, 0.6) is 0 Å². The zero-order valence-electron chi connectivity index (χ0n) is 40.9. The van der Waals surface area contributed by atoms with Crippen LogP contribution >= 0.6 is 0 Å². The Hall–Kier alpha value is -2.89. The molecule has 0 rings (SSSR count). The SMILES string of the molecule is CC/C=C\C/C=C\C/C=C\CCCCCCCCCCCC(=O)OCC(COC(=O)CCCCCCCCCCCC)OC(=O)CCCCCCCC/C=C\C=C/CCCCC. The van der Waals surface area contributed by atoms with E-state index < -0.39 is 6.10 Å². The second-order valence-electron chi connectivity index (χ2n) is 17.4. The summed E-state index contributed by atoms with van der Waals surface area (Å²) in [5.41, 5.74) is 0. The van der Waals surface area contributed by atoms with Crippen molar-refractivity contribution >= 4 is 17.9 Å². The minimum absolute atomic E-state index is 0.0789. The standard InChI is InChI=1S/C56H98O6/c1-4-7-10-13-16-19-22-24-26-27-28-29-31-32-34-37-40-43-46-49-55(58)61-52-53(51-60-54(57)48-45-42-39-36-21-18-15-12-9-6-3)62-56(59)50-47-44-41-38-35-33-30-25-23-20-17-14-11-8-5-2/h7,10,16-17,19-20,23-26,53H,4-6,8-9,11-15,18,21-22,27-52H2,1-3H3/b10-7-,19-16-,20-17-,25-23-,26-24-. The van der Waals surface area contributed by atoms with Crippen LogP contribution in [0, 0.1) is 0 Å². The van der Waals surface area contributed by atoms with Gasteiger partial charge >= 0.3 is 17.9 Å². The summed E-state index contributed by atoms with van der Waals surface area (Å²) in [6, 6.07) is 0. The molecule has 62 heavy (non-hydrogen) atoms. The van der Waals surface area contributed by atoms with E-state index in [-0.39, 0.29) is 31.1 Å². The summed E-state index contributed by atoms with van der Waals surface area (Å²) in [4.78, 5) is 37.9. The first-order chi connectivity index (χ1) is 30.5. The zero-order valence-corrected chi connectivity index (χ0v) is 40.9. The Kier molecular flexibility index (Phi) is 48.4. The highest BCUT2D eigenvalue weighted by molar-refractivity contribution is 5.71. The third-order valence-electron chi connectivity index (χ3n) is 11.3. The van der Waals surface area contributed by atoms with Crippen LogP contribution in [0.3, 0.4) is 0 Å². The number of esters is 3. The number of unbranched alkanes of at least 4 members (excludes halogenated alkanes) is 27. The van der Waals surface area contributed by atoms with Crippen molar-refractivity contribution in [2.45, 2.75) is 264 Å². The number of rotatable bonds is 47. The van der Waals surface area contributed by atoms with E-state index >= 15 is 0 Å². The fourth-order valence-corrected chi connectivity index (χ4v) is 7.33. The number of carbonyl (C=O) groups excluding carboxylic acids is 3. The molecule has 0 saturated carbocycles. The molecule has 6 heteroatoms. The molecule has 1 atom stereocenters. The Morgan fingerprint density at radius 3 is 1.11 bits per heavy atom. The van der Waals surface area contributed by atoms with E-state index in [1.807, 2.05) is 0 Å². The van der Waals surface area contributed by atoms with Gasteiger partial charge in [0.15, 0.2) is 6.10 Å². The molecule has 6 nitrogen and oxygen atoms in total. The van der Waals surface area contributed by atoms with Gasteiger partial charge in [-0.2, -0.15) is 0 Å². The van der Waals surface area contributed by atoms with E-state index in [2.05, 4.69) is 81.5 Å². The first kappa shape index (κ1) is 59.1. The highest BCUT2D eigenvalue weighted by atomic mass is 16.6. The fourth-order valence-electron chi connectivity index (χ4n) is 7.33. The molecule has 0 heterocycles. The molecule has 0 fully saturated rings. The van der Waals surface area contributed by atoms with Gasteiger partial charge in [0.2, 0.25) is 0 Å². The summed E-state index contributed by atoms with van der Waals surface area (Å²) < 4.78 is 16.8. The minimum Gasteiger partial charge on any atom is -0.462 e. The average Bonchev–Trinajstić information content (AvgIpc) is 3.27. The molecule has 1 unspecified atom stereocenters. The van der Waals surface area contributed by atoms with Crippen LogP contribution in [0.1, 0.15) is 258 Å². The molecule has 0 radical (unpaired) electrons. The maximum Gasteiger partial charge on any atom is 0.306 e. The maximum atomic E-state index is 12.8. The predicted octanol–water partition coefficient (Wildman–Crippen LogP) is 17.3. The third-order valence-corrected chi connectivity index (χ3v) is 11.3. The maximum absolute atomic E-state index is 12.8. The lowest BCUT2D eigenvalue weighted by molar-refractivity contribution is -0.167. The number of ether oxygens (including phenoxy) is 3. The van der Waals surface area contributed by atoms with Crippen molar-refractivity contribution in [1.29, 1.82) is 0 Å². The van der Waals surface area contributed by atoms with E-state index in [9.17, 15) is 14.4 Å². The van der Waals surface area contributed by atoms with Gasteiger partial charge in [0.25, 0.3) is 0 Å². The Labute approximate surface area is 383 Å². The Morgan fingerprint density at radius 1 is 0.355 bits per heavy atom. The Morgan fingerprint density at radius 2 is 0.677 bits per heavy atom. The highest BCUT2D eigenvalue weighted by Gasteiger charge is 2.19. The Bertz CT molecular complexity index is 1130. The third kappa shape index (κ3) is 48.1. The van der Waals surface area contributed by atoms with Crippen LogP contribution in [-0.4, -0.2) is 37.2 Å². The largest absolute Gasteiger partial charge is 0.462 e. The van der Waals surface area contributed by atoms with Crippen molar-refractivity contribution in [2.75, 3.05) is 13.2 Å². The summed E-state index contributed by atoms with van der Waals surface area (Å²) in [5.74, 6) is -0.892. The molecule has 0 aliphatic heterocycles. The minimum atomic E-state index is -0.779. The van der Waals surface area contributed by atoms with Gasteiger partial charge in [-0.15, -0.1) is 0 Å². The monoisotopic (exact) mass is 867 g/mol. The first-order valence-corrected chi connectivity index (χ1v) is 26.3. The van der Waals surface area contributed by atoms with Gasteiger partial charge in [-0.3, -0.25) is 14.4 Å². The molecule has 0 aliphatic rings. The van der Waals surface area contributed by atoms with Gasteiger partial charge in [-0.1, -0.05) is 223 Å². The van der Waals surface area contributed by atoms with Gasteiger partial charge in [0, 0.05) is 19.3 Å². The molecule has 0 aromatic heterocycles. The molecular weight excluding hydrogens is 769 g/mol. The van der Waals surface area contributed by atoms with E-state index in [0.29, 0.717) is 19.3 Å². The van der Waals surface area contributed by atoms with Gasteiger partial charge in [-0.25, -0.2) is 0 Å². The summed E-state index contributed by atoms with van der Waals surface area (Å²) in [5, 5.41) is 0. The molecule has 0 saturated heterocycles. The summed E-state index contributed by atoms with van der Waals surface area (Å²) in [7, 11) is 0. The van der Waals surface area contributed by atoms with Crippen molar-refractivity contribution in [3.8, 4) is 0 Å². The lowest BCUT2D eigenvalue weighted by Crippen LogP contribution is -2.30. The van der Waals surface area contributed by atoms with Crippen molar-refractivity contribution in [3.63, 3.8) is 0 Å². The molecule has 0 spiro atoms. The molecule has 358 valence electrons. The number of hydrogen-bond acceptors (Lipinski definition) is 6. The lowest BCUT2D eigenvalue weighted by Gasteiger charge is -2.18. The van der Waals surface area contributed by atoms with E-state index in [4.69, 9.17) is 14.2 Å². The van der Waals surface area contributed by atoms with Crippen LogP contribution in [0.25, 0.3) is 0 Å². The van der Waals surface area contributed by atoms with Gasteiger partial charge in [-0.05, 0) is 77.0 Å². The van der Waals surface area contributed by atoms with Crippen LogP contribution in [0.2, 0.25) is 0 Å². The summed E-state index contributed by atoms with van der Waals surface area (Å²) in [6.07, 6.45) is 62.0. The van der Waals surface area contributed by atoms with Crippen LogP contribution < -0.4 is 0 Å². The molecular formula is C56H98O6. The van der Waals surface area contributed by atoms with Crippen molar-refractivity contribution in [2.24, 2.45) is 0 Å². The number of allylic oxidation sites excluding steroid dienone is 10. The molecule has 0 aliphatic carbocycles. The van der Waals surface area contributed by atoms with E-state index in [1.54, 1.807) is 0 Å². The quantitative estimate of drug-likeness (QED) is 0.0199. The molecule has 0 N–H and O–H groups in total. The zero-order chi connectivity index (χ0) is 45.1. The Balaban J connectivity index is 4.34. The number of carbonyl (C=O) groups is 3. The van der Waals surface area contributed by atoms with E-state index in [1.165, 1.54) is 135 Å². The smallest absolute Gasteiger partial charge is 0.306 e. The van der Waals surface area contributed by atoms with Gasteiger partial charge < -0.3 is 14.2 Å². The number of hydrogen-bond donors (Lipinski definition) is 0. The average molecular weight is 867 g/mol. The predicted molar refractivity (Wildman–Crippen MR) is 265 cm³/mol. The molecule has 0 amide bonds.